The van der Waals surface area contributed by atoms with Gasteiger partial charge in [0, 0.05) is 16.5 Å². The van der Waals surface area contributed by atoms with Gasteiger partial charge in [0.05, 0.1) is 7.11 Å². The van der Waals surface area contributed by atoms with Crippen molar-refractivity contribution in [2.45, 2.75) is 4.90 Å². The molecule has 0 aromatic heterocycles. The minimum Gasteiger partial charge on any atom is -0.497 e. The maximum Gasteiger partial charge on any atom is 0.118 e. The van der Waals surface area contributed by atoms with E-state index in [4.69, 9.17) is 10.1 Å². The molecule has 0 atom stereocenters. The molecule has 1 aromatic carbocycles. The summed E-state index contributed by atoms with van der Waals surface area (Å²) in [5.41, 5.74) is 0. The zero-order valence-corrected chi connectivity index (χ0v) is 8.17. The Balaban J connectivity index is 2.53. The van der Waals surface area contributed by atoms with Crippen LogP contribution < -0.4 is 10.1 Å². The summed E-state index contributed by atoms with van der Waals surface area (Å²) < 4.78 is 5.03. The summed E-state index contributed by atoms with van der Waals surface area (Å²) in [6.07, 6.45) is 1.58. The number of methoxy groups -OCH3 is 1. The molecule has 0 spiro atoms. The molecular weight excluding hydrogens is 182 g/mol. The third-order valence-electron chi connectivity index (χ3n) is 1.48. The largest absolute Gasteiger partial charge is 0.497 e. The SMILES string of the molecule is COc1ccc(SCC=C=[N])cc1. The summed E-state index contributed by atoms with van der Waals surface area (Å²) in [7, 11) is 1.64. The number of benzene rings is 1. The van der Waals surface area contributed by atoms with Gasteiger partial charge in [-0.25, -0.2) is 0 Å². The lowest BCUT2D eigenvalue weighted by molar-refractivity contribution is 0.414. The van der Waals surface area contributed by atoms with Crippen LogP contribution >= 0.6 is 11.8 Å². The second kappa shape index (κ2) is 5.46. The van der Waals surface area contributed by atoms with Crippen molar-refractivity contribution < 1.29 is 4.74 Å². The lowest BCUT2D eigenvalue weighted by Gasteiger charge is -2.00. The van der Waals surface area contributed by atoms with E-state index in [1.165, 1.54) is 0 Å². The highest BCUT2D eigenvalue weighted by atomic mass is 32.2. The molecule has 0 unspecified atom stereocenters. The monoisotopic (exact) mass is 192 g/mol. The van der Waals surface area contributed by atoms with Crippen LogP contribution in [0.5, 0.6) is 5.75 Å². The second-order valence-corrected chi connectivity index (χ2v) is 3.41. The molecule has 0 aliphatic heterocycles. The van der Waals surface area contributed by atoms with E-state index in [0.29, 0.717) is 0 Å². The minimum absolute atomic E-state index is 0.725. The van der Waals surface area contributed by atoms with Crippen LogP contribution in [-0.4, -0.2) is 18.7 Å². The van der Waals surface area contributed by atoms with Gasteiger partial charge in [0.1, 0.15) is 5.75 Å². The first-order valence-corrected chi connectivity index (χ1v) is 4.83. The van der Waals surface area contributed by atoms with Crippen molar-refractivity contribution >= 4 is 17.6 Å². The molecule has 0 N–H and O–H groups in total. The molecule has 0 bridgehead atoms. The predicted molar refractivity (Wildman–Crippen MR) is 55.4 cm³/mol. The number of hydrogen-bond donors (Lipinski definition) is 0. The van der Waals surface area contributed by atoms with E-state index < -0.39 is 0 Å². The molecule has 0 fully saturated rings. The van der Waals surface area contributed by atoms with Crippen molar-refractivity contribution in [1.82, 2.24) is 5.41 Å². The van der Waals surface area contributed by atoms with Crippen molar-refractivity contribution in [3.8, 4) is 5.75 Å². The maximum absolute atomic E-state index is 8.29. The van der Waals surface area contributed by atoms with Crippen LogP contribution in [-0.2, 0) is 0 Å². The van der Waals surface area contributed by atoms with Gasteiger partial charge in [-0.3, -0.25) is 0 Å². The molecule has 1 rings (SSSR count). The van der Waals surface area contributed by atoms with Crippen LogP contribution in [0, 0.1) is 0 Å². The molecule has 0 heterocycles. The van der Waals surface area contributed by atoms with Gasteiger partial charge in [-0.15, -0.1) is 11.8 Å². The van der Waals surface area contributed by atoms with Crippen molar-refractivity contribution in [3.05, 3.63) is 30.3 Å². The lowest BCUT2D eigenvalue weighted by atomic mass is 10.3. The van der Waals surface area contributed by atoms with E-state index in [1.807, 2.05) is 30.1 Å². The Morgan fingerprint density at radius 3 is 2.69 bits per heavy atom. The molecule has 2 nitrogen and oxygen atoms in total. The lowest BCUT2D eigenvalue weighted by Crippen LogP contribution is -1.81. The van der Waals surface area contributed by atoms with Gasteiger partial charge in [-0.1, -0.05) is 5.41 Å². The standard InChI is InChI=1S/C10H10NOS/c1-12-9-3-5-10(6-4-9)13-8-2-7-11/h2-6H,8H2,1H3. The number of nitrogens with zero attached hydrogens (tertiary/aromatic N) is 1. The van der Waals surface area contributed by atoms with Gasteiger partial charge in [-0.05, 0) is 30.3 Å². The molecule has 0 saturated carbocycles. The van der Waals surface area contributed by atoms with Gasteiger partial charge < -0.3 is 4.74 Å². The topological polar surface area (TPSA) is 31.5 Å². The van der Waals surface area contributed by atoms with E-state index in [-0.39, 0.29) is 0 Å². The fourth-order valence-electron chi connectivity index (χ4n) is 0.847. The van der Waals surface area contributed by atoms with Gasteiger partial charge in [0.25, 0.3) is 0 Å². The Bertz CT molecular complexity index is 301. The average molecular weight is 192 g/mol. The molecule has 0 aliphatic carbocycles. The molecule has 0 amide bonds. The van der Waals surface area contributed by atoms with Gasteiger partial charge in [0.2, 0.25) is 0 Å². The Labute approximate surface area is 82.1 Å². The van der Waals surface area contributed by atoms with Crippen LogP contribution in [0.2, 0.25) is 0 Å². The van der Waals surface area contributed by atoms with E-state index in [2.05, 4.69) is 0 Å². The zero-order valence-electron chi connectivity index (χ0n) is 7.36. The smallest absolute Gasteiger partial charge is 0.118 e. The second-order valence-electron chi connectivity index (χ2n) is 2.32. The molecular formula is C10H10NOS. The summed E-state index contributed by atoms with van der Waals surface area (Å²) in [6.45, 7) is 0. The quantitative estimate of drug-likeness (QED) is 0.538. The van der Waals surface area contributed by atoms with Crippen LogP contribution in [0.15, 0.2) is 35.2 Å². The average Bonchev–Trinajstić information content (AvgIpc) is 2.19. The number of rotatable bonds is 4. The predicted octanol–water partition coefficient (Wildman–Crippen LogP) is 1.81. The van der Waals surface area contributed by atoms with Crippen LogP contribution in [0.25, 0.3) is 0 Å². The van der Waals surface area contributed by atoms with E-state index in [0.717, 1.165) is 16.4 Å². The molecule has 1 radical (unpaired) electrons. The van der Waals surface area contributed by atoms with Crippen molar-refractivity contribution in [2.75, 3.05) is 12.9 Å². The fourth-order valence-corrected chi connectivity index (χ4v) is 1.53. The zero-order chi connectivity index (χ0) is 9.52. The Morgan fingerprint density at radius 2 is 2.15 bits per heavy atom. The van der Waals surface area contributed by atoms with Gasteiger partial charge in [-0.2, -0.15) is 0 Å². The molecule has 3 heteroatoms. The van der Waals surface area contributed by atoms with E-state index >= 15 is 0 Å². The minimum atomic E-state index is 0.725. The Hall–Kier alpha value is -1.18. The number of thioether (sulfide) groups is 1. The van der Waals surface area contributed by atoms with E-state index in [1.54, 1.807) is 24.9 Å². The van der Waals surface area contributed by atoms with Crippen LogP contribution in [0.3, 0.4) is 0 Å². The normalized spacial score (nSPS) is 9.00. The van der Waals surface area contributed by atoms with Crippen LogP contribution in [0.1, 0.15) is 0 Å². The van der Waals surface area contributed by atoms with Gasteiger partial charge in [0.15, 0.2) is 0 Å². The van der Waals surface area contributed by atoms with Crippen molar-refractivity contribution in [2.24, 2.45) is 0 Å². The summed E-state index contributed by atoms with van der Waals surface area (Å²) in [5, 5.41) is 8.29. The van der Waals surface area contributed by atoms with Gasteiger partial charge >= 0.3 is 0 Å². The molecule has 67 valence electrons. The highest BCUT2D eigenvalue weighted by molar-refractivity contribution is 7.99. The Kier molecular flexibility index (Phi) is 4.16. The third kappa shape index (κ3) is 3.36. The first-order chi connectivity index (χ1) is 6.36. The number of ether oxygens (including phenoxy) is 1. The third-order valence-corrected chi connectivity index (χ3v) is 2.42. The first kappa shape index (κ1) is 9.90. The summed E-state index contributed by atoms with van der Waals surface area (Å²) in [4.78, 5) is 1.15. The summed E-state index contributed by atoms with van der Waals surface area (Å²) >= 11 is 1.63. The first-order valence-electron chi connectivity index (χ1n) is 3.85. The highest BCUT2D eigenvalue weighted by Gasteiger charge is 1.92. The Morgan fingerprint density at radius 1 is 1.46 bits per heavy atom. The highest BCUT2D eigenvalue weighted by Crippen LogP contribution is 2.20. The molecule has 1 aromatic rings. The summed E-state index contributed by atoms with van der Waals surface area (Å²) in [5.74, 6) is 3.57. The van der Waals surface area contributed by atoms with Crippen LogP contribution in [0.4, 0.5) is 0 Å². The fraction of sp³-hybridized carbons (Fsp3) is 0.200. The summed E-state index contributed by atoms with van der Waals surface area (Å²) in [6, 6.07) is 7.78. The maximum atomic E-state index is 8.29. The molecule has 0 saturated heterocycles. The molecule has 0 aliphatic rings. The number of hydrogen-bond acceptors (Lipinski definition) is 2. The van der Waals surface area contributed by atoms with E-state index in [9.17, 15) is 0 Å². The van der Waals surface area contributed by atoms with Crippen molar-refractivity contribution in [3.63, 3.8) is 0 Å². The van der Waals surface area contributed by atoms with Crippen molar-refractivity contribution in [1.29, 1.82) is 0 Å². The molecule has 13 heavy (non-hydrogen) atoms.